The maximum Gasteiger partial charge on any atom is 0.254 e. The number of benzene rings is 2. The van der Waals surface area contributed by atoms with Crippen molar-refractivity contribution in [3.8, 4) is 0 Å². The maximum atomic E-state index is 13.2. The molecule has 25 heavy (non-hydrogen) atoms. The second kappa shape index (κ2) is 5.73. The van der Waals surface area contributed by atoms with E-state index in [4.69, 9.17) is 0 Å². The first-order valence-corrected chi connectivity index (χ1v) is 9.13. The van der Waals surface area contributed by atoms with E-state index in [2.05, 4.69) is 39.1 Å². The number of fused-ring (bicyclic) bond motifs is 4. The molecule has 2 aliphatic rings. The predicted octanol–water partition coefficient (Wildman–Crippen LogP) is 4.14. The first kappa shape index (κ1) is 14.7. The quantitative estimate of drug-likeness (QED) is 0.727. The molecule has 3 aromatic rings. The van der Waals surface area contributed by atoms with Crippen molar-refractivity contribution < 1.29 is 6.22 Å². The highest BCUT2D eigenvalue weighted by Gasteiger charge is 2.38. The van der Waals surface area contributed by atoms with Crippen molar-refractivity contribution in [1.29, 1.82) is 0 Å². The van der Waals surface area contributed by atoms with E-state index in [1.54, 1.807) is 6.33 Å². The third-order valence-corrected chi connectivity index (χ3v) is 5.87. The van der Waals surface area contributed by atoms with Crippen LogP contribution in [0.25, 0.3) is 11.0 Å². The molecule has 128 valence electrons. The minimum atomic E-state index is 0. The summed E-state index contributed by atoms with van der Waals surface area (Å²) in [7, 11) is 0. The fourth-order valence-electron chi connectivity index (χ4n) is 4.69. The minimum absolute atomic E-state index is 0. The number of nitrogens with one attached hydrogen (secondary N) is 1. The number of carbonyl (C=O) groups is 1. The van der Waals surface area contributed by atoms with Crippen LogP contribution in [0.1, 0.15) is 48.1 Å². The topological polar surface area (TPSA) is 49.0 Å². The summed E-state index contributed by atoms with van der Waals surface area (Å²) in [6.07, 6.45) is 6.08. The lowest BCUT2D eigenvalue weighted by molar-refractivity contribution is 0.0547. The van der Waals surface area contributed by atoms with Crippen LogP contribution in [0, 0.1) is 0 Å². The molecule has 0 saturated carbocycles. The molecule has 1 amide bonds. The first-order valence-electron chi connectivity index (χ1n) is 9.13. The number of hydrogen-bond donors (Lipinski definition) is 1. The van der Waals surface area contributed by atoms with Gasteiger partial charge < -0.3 is 9.88 Å². The Bertz CT molecular complexity index is 951. The molecule has 1 aliphatic heterocycles. The van der Waals surface area contributed by atoms with Crippen LogP contribution in [0.15, 0.2) is 48.8 Å². The molecule has 5 rings (SSSR count). The molecule has 1 saturated heterocycles. The van der Waals surface area contributed by atoms with Crippen molar-refractivity contribution in [3.05, 3.63) is 65.5 Å². The predicted molar refractivity (Wildman–Crippen MR) is 99.8 cm³/mol. The molecule has 4 heteroatoms. The van der Waals surface area contributed by atoms with Gasteiger partial charge in [-0.3, -0.25) is 4.79 Å². The molecule has 2 aromatic carbocycles. The Morgan fingerprint density at radius 1 is 1.20 bits per heavy atom. The first-order chi connectivity index (χ1) is 12.3. The Balaban J connectivity index is 0.00000168. The lowest BCUT2D eigenvalue weighted by atomic mass is 9.74. The number of H-pyrrole nitrogens is 1. The molecule has 0 spiro atoms. The highest BCUT2D eigenvalue weighted by molar-refractivity contribution is 5.97. The summed E-state index contributed by atoms with van der Waals surface area (Å²) in [5.41, 5.74) is 5.52. The summed E-state index contributed by atoms with van der Waals surface area (Å²) in [5, 5.41) is 0. The van der Waals surface area contributed by atoms with E-state index in [-0.39, 0.29) is 7.33 Å². The van der Waals surface area contributed by atoms with E-state index in [0.29, 0.717) is 12.0 Å². The summed E-state index contributed by atoms with van der Waals surface area (Å²) >= 11 is 0. The van der Waals surface area contributed by atoms with Crippen LogP contribution >= 0.6 is 0 Å². The van der Waals surface area contributed by atoms with Crippen LogP contribution < -0.4 is 0 Å². The number of imidazole rings is 1. The molecular weight excluding hydrogens is 310 g/mol. The molecule has 0 radical (unpaired) electrons. The zero-order valence-electron chi connectivity index (χ0n) is 14.1. The van der Waals surface area contributed by atoms with Gasteiger partial charge in [0.2, 0.25) is 0 Å². The number of aryl methyl sites for hydroxylation is 1. The molecule has 2 atom stereocenters. The highest BCUT2D eigenvalue weighted by atomic mass is 16.2. The zero-order valence-corrected chi connectivity index (χ0v) is 14.1. The molecule has 2 unspecified atom stereocenters. The van der Waals surface area contributed by atoms with Crippen LogP contribution in [0.2, 0.25) is 0 Å². The van der Waals surface area contributed by atoms with Crippen molar-refractivity contribution in [2.45, 2.75) is 37.6 Å². The zero-order chi connectivity index (χ0) is 16.8. The van der Waals surface area contributed by atoms with E-state index >= 15 is 0 Å². The smallest absolute Gasteiger partial charge is 0.254 e. The number of nitrogens with zero attached hydrogens (tertiary/aromatic N) is 2. The second-order valence-corrected chi connectivity index (χ2v) is 7.19. The number of amides is 1. The summed E-state index contributed by atoms with van der Waals surface area (Å²) in [5.74, 6) is 0.643. The van der Waals surface area contributed by atoms with Gasteiger partial charge >= 0.3 is 0 Å². The molecule has 1 aliphatic carbocycles. The van der Waals surface area contributed by atoms with Crippen molar-refractivity contribution >= 4 is 16.9 Å². The SMILES string of the molecule is O=C(c1ccc2nc[nH]c2c1)N1CCCC2c3ccccc3CCC21.[HH]. The van der Waals surface area contributed by atoms with Gasteiger partial charge in [-0.25, -0.2) is 4.98 Å². The van der Waals surface area contributed by atoms with E-state index in [9.17, 15) is 4.79 Å². The van der Waals surface area contributed by atoms with Gasteiger partial charge in [-0.2, -0.15) is 0 Å². The summed E-state index contributed by atoms with van der Waals surface area (Å²) in [6, 6.07) is 14.9. The normalized spacial score (nSPS) is 22.5. The second-order valence-electron chi connectivity index (χ2n) is 7.19. The Morgan fingerprint density at radius 3 is 3.08 bits per heavy atom. The number of aromatic amines is 1. The van der Waals surface area contributed by atoms with Crippen LogP contribution in [-0.4, -0.2) is 33.4 Å². The fourth-order valence-corrected chi connectivity index (χ4v) is 4.69. The molecule has 1 aromatic heterocycles. The van der Waals surface area contributed by atoms with E-state index < -0.39 is 0 Å². The summed E-state index contributed by atoms with van der Waals surface area (Å²) < 4.78 is 0. The van der Waals surface area contributed by atoms with Gasteiger partial charge in [0, 0.05) is 25.5 Å². The van der Waals surface area contributed by atoms with Gasteiger partial charge in [0.05, 0.1) is 17.4 Å². The lowest BCUT2D eigenvalue weighted by Crippen LogP contribution is -2.49. The molecule has 1 fully saturated rings. The number of rotatable bonds is 1. The average molecular weight is 333 g/mol. The van der Waals surface area contributed by atoms with Crippen LogP contribution in [0.5, 0.6) is 0 Å². The van der Waals surface area contributed by atoms with Gasteiger partial charge in [0.25, 0.3) is 5.91 Å². The molecular formula is C21H23N3O. The summed E-state index contributed by atoms with van der Waals surface area (Å²) in [4.78, 5) is 22.7. The highest BCUT2D eigenvalue weighted by Crippen LogP contribution is 2.41. The Labute approximate surface area is 148 Å². The average Bonchev–Trinajstić information content (AvgIpc) is 3.14. The maximum absolute atomic E-state index is 13.2. The van der Waals surface area contributed by atoms with Crippen molar-refractivity contribution in [2.24, 2.45) is 0 Å². The Kier molecular flexibility index (Phi) is 3.37. The van der Waals surface area contributed by atoms with Crippen LogP contribution in [0.3, 0.4) is 0 Å². The van der Waals surface area contributed by atoms with E-state index in [1.807, 2.05) is 18.2 Å². The number of hydrogen-bond acceptors (Lipinski definition) is 2. The van der Waals surface area contributed by atoms with Gasteiger partial charge in [0.15, 0.2) is 0 Å². The Hall–Kier alpha value is -2.62. The molecule has 0 bridgehead atoms. The van der Waals surface area contributed by atoms with Gasteiger partial charge in [0.1, 0.15) is 0 Å². The minimum Gasteiger partial charge on any atom is -0.345 e. The van der Waals surface area contributed by atoms with E-state index in [0.717, 1.165) is 42.4 Å². The van der Waals surface area contributed by atoms with Crippen LogP contribution in [0.4, 0.5) is 0 Å². The fraction of sp³-hybridized carbons (Fsp3) is 0.333. The van der Waals surface area contributed by atoms with Crippen molar-refractivity contribution in [1.82, 2.24) is 14.9 Å². The molecule has 2 heterocycles. The van der Waals surface area contributed by atoms with Crippen LogP contribution in [-0.2, 0) is 6.42 Å². The number of likely N-dealkylation sites (tertiary alicyclic amines) is 1. The standard InChI is InChI=1S/C21H21N3O.H2/c25-21(15-7-9-18-19(12-15)23-13-22-18)24-11-3-6-17-16-5-2-1-4-14(16)8-10-20(17)24;/h1-2,4-5,7,9,12-13,17,20H,3,6,8,10-11H2,(H,22,23);1H. The lowest BCUT2D eigenvalue weighted by Gasteiger charge is -2.45. The van der Waals surface area contributed by atoms with Crippen molar-refractivity contribution in [2.75, 3.05) is 6.54 Å². The van der Waals surface area contributed by atoms with Gasteiger partial charge in [-0.15, -0.1) is 0 Å². The number of carbonyl (C=O) groups excluding carboxylic acids is 1. The molecule has 1 N–H and O–H groups in total. The van der Waals surface area contributed by atoms with E-state index in [1.165, 1.54) is 17.5 Å². The number of piperidine rings is 1. The summed E-state index contributed by atoms with van der Waals surface area (Å²) in [6.45, 7) is 0.864. The third kappa shape index (κ3) is 2.36. The van der Waals surface area contributed by atoms with Gasteiger partial charge in [-0.05, 0) is 55.0 Å². The van der Waals surface area contributed by atoms with Gasteiger partial charge in [-0.1, -0.05) is 24.3 Å². The monoisotopic (exact) mass is 333 g/mol. The third-order valence-electron chi connectivity index (χ3n) is 5.87. The van der Waals surface area contributed by atoms with Crippen molar-refractivity contribution in [3.63, 3.8) is 0 Å². The number of aromatic nitrogens is 2. The molecule has 4 nitrogen and oxygen atoms in total. The Morgan fingerprint density at radius 2 is 2.12 bits per heavy atom. The largest absolute Gasteiger partial charge is 0.345 e.